The van der Waals surface area contributed by atoms with E-state index >= 15 is 0 Å². The summed E-state index contributed by atoms with van der Waals surface area (Å²) in [6.07, 6.45) is -5.67. The lowest BCUT2D eigenvalue weighted by atomic mass is 10.1. The number of nitrogens with zero attached hydrogens (tertiary/aromatic N) is 2. The molecule has 0 saturated heterocycles. The summed E-state index contributed by atoms with van der Waals surface area (Å²) in [5, 5.41) is 12.1. The standard InChI is InChI=1S/C19H18F3N3O3S/c1-10-14(9-23)17(29-15(10)18(27)25(3)4)24-16(26)11(2)28-13-7-5-6-12(8-13)19(20,21)22/h5-8,11H,1-4H3,(H,24,26)/t11-/m1/s1. The molecule has 10 heteroatoms. The highest BCUT2D eigenvalue weighted by atomic mass is 32.1. The summed E-state index contributed by atoms with van der Waals surface area (Å²) in [7, 11) is 3.13. The van der Waals surface area contributed by atoms with E-state index in [1.165, 1.54) is 24.0 Å². The summed E-state index contributed by atoms with van der Waals surface area (Å²) in [4.78, 5) is 26.3. The zero-order valence-electron chi connectivity index (χ0n) is 16.0. The molecule has 1 aromatic carbocycles. The van der Waals surface area contributed by atoms with Crippen molar-refractivity contribution in [1.82, 2.24) is 4.90 Å². The van der Waals surface area contributed by atoms with E-state index in [0.717, 1.165) is 23.5 Å². The Hall–Kier alpha value is -3.06. The average molecular weight is 425 g/mol. The van der Waals surface area contributed by atoms with Crippen molar-refractivity contribution in [1.29, 1.82) is 5.26 Å². The Bertz CT molecular complexity index is 977. The predicted molar refractivity (Wildman–Crippen MR) is 102 cm³/mol. The molecular formula is C19H18F3N3O3S. The first-order valence-electron chi connectivity index (χ1n) is 8.35. The molecule has 154 valence electrons. The van der Waals surface area contributed by atoms with Crippen LogP contribution in [0.25, 0.3) is 0 Å². The molecule has 0 aliphatic carbocycles. The van der Waals surface area contributed by atoms with Gasteiger partial charge in [0.15, 0.2) is 6.10 Å². The quantitative estimate of drug-likeness (QED) is 0.783. The van der Waals surface area contributed by atoms with Crippen LogP contribution < -0.4 is 10.1 Å². The van der Waals surface area contributed by atoms with Gasteiger partial charge in [0.25, 0.3) is 11.8 Å². The van der Waals surface area contributed by atoms with Crippen LogP contribution in [0.1, 0.15) is 33.3 Å². The number of halogens is 3. The third-order valence-electron chi connectivity index (χ3n) is 3.94. The Balaban J connectivity index is 2.19. The number of amides is 2. The van der Waals surface area contributed by atoms with Gasteiger partial charge in [0.2, 0.25) is 0 Å². The van der Waals surface area contributed by atoms with E-state index in [2.05, 4.69) is 5.32 Å². The Kier molecular flexibility index (Phi) is 6.54. The number of hydrogen-bond acceptors (Lipinski definition) is 5. The zero-order chi connectivity index (χ0) is 21.9. The van der Waals surface area contributed by atoms with Gasteiger partial charge in [0.05, 0.1) is 16.0 Å². The van der Waals surface area contributed by atoms with E-state index in [4.69, 9.17) is 4.74 Å². The fourth-order valence-corrected chi connectivity index (χ4v) is 3.54. The summed E-state index contributed by atoms with van der Waals surface area (Å²) in [5.41, 5.74) is -0.298. The molecule has 1 heterocycles. The minimum Gasteiger partial charge on any atom is -0.481 e. The van der Waals surface area contributed by atoms with Gasteiger partial charge in [-0.25, -0.2) is 0 Å². The van der Waals surface area contributed by atoms with Crippen LogP contribution in [0.3, 0.4) is 0 Å². The number of nitrogens with one attached hydrogen (secondary N) is 1. The topological polar surface area (TPSA) is 82.4 Å². The molecule has 0 saturated carbocycles. The van der Waals surface area contributed by atoms with Gasteiger partial charge in [-0.3, -0.25) is 9.59 Å². The lowest BCUT2D eigenvalue weighted by molar-refractivity contribution is -0.137. The molecular weight excluding hydrogens is 407 g/mol. The number of rotatable bonds is 5. The van der Waals surface area contributed by atoms with Crippen LogP contribution in [0.15, 0.2) is 24.3 Å². The average Bonchev–Trinajstić information content (AvgIpc) is 2.95. The highest BCUT2D eigenvalue weighted by molar-refractivity contribution is 7.18. The maximum atomic E-state index is 12.8. The fourth-order valence-electron chi connectivity index (χ4n) is 2.36. The molecule has 2 amide bonds. The summed E-state index contributed by atoms with van der Waals surface area (Å²) in [5.74, 6) is -1.09. The first-order valence-corrected chi connectivity index (χ1v) is 9.17. The van der Waals surface area contributed by atoms with Crippen LogP contribution in [-0.2, 0) is 11.0 Å². The molecule has 2 aromatic rings. The van der Waals surface area contributed by atoms with Gasteiger partial charge in [0.1, 0.15) is 16.8 Å². The monoisotopic (exact) mass is 425 g/mol. The lowest BCUT2D eigenvalue weighted by Gasteiger charge is -2.15. The molecule has 0 unspecified atom stereocenters. The molecule has 0 radical (unpaired) electrons. The number of anilines is 1. The summed E-state index contributed by atoms with van der Waals surface area (Å²) >= 11 is 0.955. The zero-order valence-corrected chi connectivity index (χ0v) is 16.9. The van der Waals surface area contributed by atoms with Crippen molar-refractivity contribution in [2.45, 2.75) is 26.1 Å². The van der Waals surface area contributed by atoms with Crippen LogP contribution in [0.5, 0.6) is 5.75 Å². The molecule has 29 heavy (non-hydrogen) atoms. The Morgan fingerprint density at radius 1 is 1.31 bits per heavy atom. The molecule has 2 rings (SSSR count). The van der Waals surface area contributed by atoms with Gasteiger partial charge in [-0.15, -0.1) is 11.3 Å². The molecule has 1 atom stereocenters. The molecule has 0 aliphatic rings. The Labute approximate surface area is 169 Å². The second-order valence-corrected chi connectivity index (χ2v) is 7.37. The van der Waals surface area contributed by atoms with Gasteiger partial charge in [0, 0.05) is 14.1 Å². The molecule has 6 nitrogen and oxygen atoms in total. The predicted octanol–water partition coefficient (Wildman–Crippen LogP) is 4.05. The largest absolute Gasteiger partial charge is 0.481 e. The van der Waals surface area contributed by atoms with E-state index < -0.39 is 23.8 Å². The minimum atomic E-state index is -4.53. The number of alkyl halides is 3. The maximum absolute atomic E-state index is 12.8. The van der Waals surface area contributed by atoms with Crippen molar-refractivity contribution in [3.05, 3.63) is 45.8 Å². The number of hydrogen-bond donors (Lipinski definition) is 1. The van der Waals surface area contributed by atoms with Gasteiger partial charge in [-0.05, 0) is 37.6 Å². The van der Waals surface area contributed by atoms with E-state index in [0.29, 0.717) is 10.4 Å². The summed E-state index contributed by atoms with van der Waals surface area (Å²) < 4.78 is 43.7. The Morgan fingerprint density at radius 2 is 1.97 bits per heavy atom. The van der Waals surface area contributed by atoms with Gasteiger partial charge in [-0.2, -0.15) is 18.4 Å². The summed E-state index contributed by atoms with van der Waals surface area (Å²) in [6, 6.07) is 6.14. The molecule has 0 fully saturated rings. The van der Waals surface area contributed by atoms with Crippen LogP contribution in [0, 0.1) is 18.3 Å². The number of thiophene rings is 1. The van der Waals surface area contributed by atoms with Crippen molar-refractivity contribution in [2.75, 3.05) is 19.4 Å². The number of carbonyl (C=O) groups is 2. The number of carbonyl (C=O) groups excluding carboxylic acids is 2. The molecule has 1 aromatic heterocycles. The first-order chi connectivity index (χ1) is 13.5. The van der Waals surface area contributed by atoms with Crippen molar-refractivity contribution in [3.63, 3.8) is 0 Å². The molecule has 0 aliphatic heterocycles. The Morgan fingerprint density at radius 3 is 2.52 bits per heavy atom. The van der Waals surface area contributed by atoms with Crippen molar-refractivity contribution < 1.29 is 27.5 Å². The number of benzene rings is 1. The van der Waals surface area contributed by atoms with Gasteiger partial charge >= 0.3 is 6.18 Å². The summed E-state index contributed by atoms with van der Waals surface area (Å²) in [6.45, 7) is 2.97. The van der Waals surface area contributed by atoms with Crippen LogP contribution in [0.2, 0.25) is 0 Å². The van der Waals surface area contributed by atoms with Crippen LogP contribution in [-0.4, -0.2) is 36.9 Å². The van der Waals surface area contributed by atoms with Gasteiger partial charge in [-0.1, -0.05) is 6.07 Å². The van der Waals surface area contributed by atoms with E-state index in [9.17, 15) is 28.0 Å². The van der Waals surface area contributed by atoms with Crippen LogP contribution in [0.4, 0.5) is 18.2 Å². The lowest BCUT2D eigenvalue weighted by Crippen LogP contribution is -2.30. The second-order valence-electron chi connectivity index (χ2n) is 6.35. The smallest absolute Gasteiger partial charge is 0.416 e. The SMILES string of the molecule is Cc1c(C(=O)N(C)C)sc(NC(=O)[C@@H](C)Oc2cccc(C(F)(F)F)c2)c1C#N. The highest BCUT2D eigenvalue weighted by Gasteiger charge is 2.31. The molecule has 0 spiro atoms. The minimum absolute atomic E-state index is 0.117. The van der Waals surface area contributed by atoms with Crippen molar-refractivity contribution >= 4 is 28.2 Å². The fraction of sp³-hybridized carbons (Fsp3) is 0.316. The third-order valence-corrected chi connectivity index (χ3v) is 5.13. The van der Waals surface area contributed by atoms with Gasteiger partial charge < -0.3 is 15.0 Å². The number of ether oxygens (including phenoxy) is 1. The second kappa shape index (κ2) is 8.53. The van der Waals surface area contributed by atoms with E-state index in [-0.39, 0.29) is 22.2 Å². The normalized spacial score (nSPS) is 12.1. The van der Waals surface area contributed by atoms with Crippen molar-refractivity contribution in [2.24, 2.45) is 0 Å². The number of nitriles is 1. The highest BCUT2D eigenvalue weighted by Crippen LogP contribution is 2.34. The molecule has 1 N–H and O–H groups in total. The van der Waals surface area contributed by atoms with Crippen molar-refractivity contribution in [3.8, 4) is 11.8 Å². The third kappa shape index (κ3) is 5.06. The molecule has 0 bridgehead atoms. The maximum Gasteiger partial charge on any atom is 0.416 e. The van der Waals surface area contributed by atoms with E-state index in [1.54, 1.807) is 21.0 Å². The van der Waals surface area contributed by atoms with Crippen LogP contribution >= 0.6 is 11.3 Å². The first kappa shape index (κ1) is 22.2. The van der Waals surface area contributed by atoms with E-state index in [1.807, 2.05) is 6.07 Å².